The number of hydrogen-bond donors (Lipinski definition) is 2. The maximum absolute atomic E-state index is 12.4. The molecule has 4 rings (SSSR count). The molecular weight excluding hydrogens is 410 g/mol. The number of anilines is 1. The largest absolute Gasteiger partial charge is 0.349 e. The molecule has 9 heteroatoms. The van der Waals surface area contributed by atoms with E-state index in [2.05, 4.69) is 15.7 Å². The van der Waals surface area contributed by atoms with Crippen molar-refractivity contribution in [1.29, 1.82) is 0 Å². The van der Waals surface area contributed by atoms with E-state index in [0.29, 0.717) is 28.8 Å². The number of benzene rings is 2. The van der Waals surface area contributed by atoms with Crippen LogP contribution in [-0.2, 0) is 4.79 Å². The Morgan fingerprint density at radius 2 is 1.81 bits per heavy atom. The van der Waals surface area contributed by atoms with Crippen molar-refractivity contribution in [2.24, 2.45) is 0 Å². The molecule has 1 saturated carbocycles. The van der Waals surface area contributed by atoms with Gasteiger partial charge in [-0.15, -0.1) is 0 Å². The number of nitro groups is 1. The maximum atomic E-state index is 12.4. The van der Waals surface area contributed by atoms with E-state index in [1.165, 1.54) is 22.9 Å². The number of carbonyl (C=O) groups excluding carboxylic acids is 2. The molecule has 0 bridgehead atoms. The summed E-state index contributed by atoms with van der Waals surface area (Å²) < 4.78 is 1.51. The average Bonchev–Trinajstić information content (AvgIpc) is 3.52. The standard InChI is InChI=1S/C23H21N5O4/c1-15-14-21(27(26-15)19-9-11-20(12-10-19)28(31)32)25-22(29)13-4-16-2-5-17(6-3-16)23(30)24-18-7-8-18/h2-6,9-14,18H,7-8H2,1H3,(H,24,30)(H,25,29)/b13-4+. The lowest BCUT2D eigenvalue weighted by molar-refractivity contribution is -0.384. The molecule has 1 aliphatic rings. The Labute approximate surface area is 183 Å². The molecule has 9 nitrogen and oxygen atoms in total. The lowest BCUT2D eigenvalue weighted by atomic mass is 10.1. The minimum Gasteiger partial charge on any atom is -0.349 e. The fourth-order valence-corrected chi connectivity index (χ4v) is 3.08. The lowest BCUT2D eigenvalue weighted by Crippen LogP contribution is -2.25. The summed E-state index contributed by atoms with van der Waals surface area (Å²) in [5.74, 6) is -0.00244. The zero-order valence-corrected chi connectivity index (χ0v) is 17.3. The topological polar surface area (TPSA) is 119 Å². The highest BCUT2D eigenvalue weighted by atomic mass is 16.6. The van der Waals surface area contributed by atoms with Gasteiger partial charge in [0.1, 0.15) is 5.82 Å². The number of amides is 2. The van der Waals surface area contributed by atoms with E-state index in [9.17, 15) is 19.7 Å². The minimum absolute atomic E-state index is 0.0258. The molecule has 32 heavy (non-hydrogen) atoms. The SMILES string of the molecule is Cc1cc(NC(=O)/C=C/c2ccc(C(=O)NC3CC3)cc2)n(-c2ccc([N+](=O)[O-])cc2)n1. The Balaban J connectivity index is 1.42. The van der Waals surface area contributed by atoms with Crippen LogP contribution in [0.2, 0.25) is 0 Å². The number of carbonyl (C=O) groups is 2. The van der Waals surface area contributed by atoms with Gasteiger partial charge in [-0.3, -0.25) is 19.7 Å². The van der Waals surface area contributed by atoms with E-state index in [1.807, 2.05) is 0 Å². The van der Waals surface area contributed by atoms with Gasteiger partial charge in [0.15, 0.2) is 0 Å². The van der Waals surface area contributed by atoms with Gasteiger partial charge in [-0.25, -0.2) is 4.68 Å². The number of hydrogen-bond acceptors (Lipinski definition) is 5. The van der Waals surface area contributed by atoms with E-state index in [-0.39, 0.29) is 17.5 Å². The van der Waals surface area contributed by atoms with Gasteiger partial charge in [-0.05, 0) is 55.7 Å². The summed E-state index contributed by atoms with van der Waals surface area (Å²) in [4.78, 5) is 34.9. The van der Waals surface area contributed by atoms with Gasteiger partial charge in [0.05, 0.1) is 16.3 Å². The molecule has 0 spiro atoms. The molecule has 2 N–H and O–H groups in total. The summed E-state index contributed by atoms with van der Waals surface area (Å²) in [5, 5.41) is 20.9. The highest BCUT2D eigenvalue weighted by Gasteiger charge is 2.23. The first-order valence-corrected chi connectivity index (χ1v) is 10.1. The van der Waals surface area contributed by atoms with Crippen LogP contribution < -0.4 is 10.6 Å². The summed E-state index contributed by atoms with van der Waals surface area (Å²) in [6.07, 6.45) is 5.10. The predicted molar refractivity (Wildman–Crippen MR) is 120 cm³/mol. The third kappa shape index (κ3) is 5.07. The molecule has 0 atom stereocenters. The van der Waals surface area contributed by atoms with Gasteiger partial charge in [0.25, 0.3) is 11.6 Å². The van der Waals surface area contributed by atoms with Gasteiger partial charge < -0.3 is 10.6 Å². The van der Waals surface area contributed by atoms with Crippen LogP contribution in [0.3, 0.4) is 0 Å². The van der Waals surface area contributed by atoms with Crippen molar-refractivity contribution in [3.05, 3.63) is 87.6 Å². The lowest BCUT2D eigenvalue weighted by Gasteiger charge is -2.07. The van der Waals surface area contributed by atoms with Gasteiger partial charge >= 0.3 is 0 Å². The molecule has 0 aliphatic heterocycles. The number of non-ortho nitro benzene ring substituents is 1. The fourth-order valence-electron chi connectivity index (χ4n) is 3.08. The molecule has 162 valence electrons. The van der Waals surface area contributed by atoms with Crippen LogP contribution in [0.1, 0.15) is 34.5 Å². The van der Waals surface area contributed by atoms with E-state index >= 15 is 0 Å². The van der Waals surface area contributed by atoms with Crippen molar-refractivity contribution in [1.82, 2.24) is 15.1 Å². The molecule has 0 unspecified atom stereocenters. The summed E-state index contributed by atoms with van der Waals surface area (Å²) in [6, 6.07) is 14.9. The summed E-state index contributed by atoms with van der Waals surface area (Å²) in [7, 11) is 0. The molecule has 2 aromatic carbocycles. The normalized spacial score (nSPS) is 13.2. The highest BCUT2D eigenvalue weighted by molar-refractivity contribution is 6.01. The Bertz CT molecular complexity index is 1190. The Morgan fingerprint density at radius 3 is 2.44 bits per heavy atom. The van der Waals surface area contributed by atoms with E-state index < -0.39 is 4.92 Å². The van der Waals surface area contributed by atoms with Crippen LogP contribution in [0.25, 0.3) is 11.8 Å². The minimum atomic E-state index is -0.475. The highest BCUT2D eigenvalue weighted by Crippen LogP contribution is 2.21. The quantitative estimate of drug-likeness (QED) is 0.336. The molecule has 1 aliphatic carbocycles. The number of aromatic nitrogens is 2. The van der Waals surface area contributed by atoms with E-state index in [4.69, 9.17) is 0 Å². The molecule has 0 saturated heterocycles. The first-order valence-electron chi connectivity index (χ1n) is 10.1. The van der Waals surface area contributed by atoms with Crippen LogP contribution in [-0.4, -0.2) is 32.6 Å². The van der Waals surface area contributed by atoms with Gasteiger partial charge in [-0.2, -0.15) is 5.10 Å². The molecule has 1 heterocycles. The molecule has 1 aromatic heterocycles. The van der Waals surface area contributed by atoms with Gasteiger partial charge in [-0.1, -0.05) is 12.1 Å². The maximum Gasteiger partial charge on any atom is 0.269 e. The van der Waals surface area contributed by atoms with E-state index in [1.54, 1.807) is 55.5 Å². The van der Waals surface area contributed by atoms with Crippen molar-refractivity contribution < 1.29 is 14.5 Å². The fraction of sp³-hybridized carbons (Fsp3) is 0.174. The van der Waals surface area contributed by atoms with Crippen molar-refractivity contribution in [2.75, 3.05) is 5.32 Å². The molecule has 0 radical (unpaired) electrons. The second-order valence-corrected chi connectivity index (χ2v) is 7.55. The van der Waals surface area contributed by atoms with Crippen LogP contribution in [0.4, 0.5) is 11.5 Å². The zero-order chi connectivity index (χ0) is 22.7. The monoisotopic (exact) mass is 431 g/mol. The van der Waals surface area contributed by atoms with Gasteiger partial charge in [0, 0.05) is 35.9 Å². The Kier molecular flexibility index (Phi) is 5.80. The molecule has 3 aromatic rings. The first kappa shape index (κ1) is 21.0. The van der Waals surface area contributed by atoms with Gasteiger partial charge in [0.2, 0.25) is 5.91 Å². The van der Waals surface area contributed by atoms with Crippen LogP contribution in [0.5, 0.6) is 0 Å². The number of rotatable bonds is 7. The third-order valence-corrected chi connectivity index (χ3v) is 4.90. The van der Waals surface area contributed by atoms with Crippen molar-refractivity contribution in [3.8, 4) is 5.69 Å². The smallest absolute Gasteiger partial charge is 0.269 e. The predicted octanol–water partition coefficient (Wildman–Crippen LogP) is 3.63. The second-order valence-electron chi connectivity index (χ2n) is 7.55. The first-order chi connectivity index (χ1) is 15.4. The summed E-state index contributed by atoms with van der Waals surface area (Å²) >= 11 is 0. The molecule has 2 amide bonds. The molecule has 1 fully saturated rings. The van der Waals surface area contributed by atoms with Crippen molar-refractivity contribution in [2.45, 2.75) is 25.8 Å². The van der Waals surface area contributed by atoms with Crippen molar-refractivity contribution in [3.63, 3.8) is 0 Å². The molecular formula is C23H21N5O4. The summed E-state index contributed by atoms with van der Waals surface area (Å²) in [6.45, 7) is 1.79. The Morgan fingerprint density at radius 1 is 1.12 bits per heavy atom. The zero-order valence-electron chi connectivity index (χ0n) is 17.3. The average molecular weight is 431 g/mol. The number of aryl methyl sites for hydroxylation is 1. The van der Waals surface area contributed by atoms with E-state index in [0.717, 1.165) is 18.4 Å². The number of nitro benzene ring substituents is 1. The Hall–Kier alpha value is -4.27. The second kappa shape index (κ2) is 8.84. The number of nitrogens with zero attached hydrogens (tertiary/aromatic N) is 3. The summed E-state index contributed by atoms with van der Waals surface area (Å²) in [5.41, 5.74) is 2.61. The van der Waals surface area contributed by atoms with Crippen LogP contribution >= 0.6 is 0 Å². The van der Waals surface area contributed by atoms with Crippen LogP contribution in [0, 0.1) is 17.0 Å². The number of nitrogens with one attached hydrogen (secondary N) is 2. The van der Waals surface area contributed by atoms with Crippen LogP contribution in [0.15, 0.2) is 60.7 Å². The van der Waals surface area contributed by atoms with Crippen molar-refractivity contribution >= 4 is 29.4 Å². The third-order valence-electron chi connectivity index (χ3n) is 4.90.